The zero-order chi connectivity index (χ0) is 22.8. The fraction of sp³-hybridized carbons (Fsp3) is 0.364. The Morgan fingerprint density at radius 2 is 1.97 bits per heavy atom. The molecular weight excluding hydrogens is 448 g/mol. The molecule has 0 aliphatic heterocycles. The minimum absolute atomic E-state index is 0.0695. The summed E-state index contributed by atoms with van der Waals surface area (Å²) < 4.78 is 1.95. The fourth-order valence-corrected chi connectivity index (χ4v) is 4.73. The van der Waals surface area contributed by atoms with E-state index < -0.39 is 0 Å². The highest BCUT2D eigenvalue weighted by Crippen LogP contribution is 2.27. The van der Waals surface area contributed by atoms with Gasteiger partial charge in [-0.1, -0.05) is 30.3 Å². The van der Waals surface area contributed by atoms with Crippen molar-refractivity contribution in [1.29, 1.82) is 0 Å². The Bertz CT molecular complexity index is 1180. The number of fused-ring (bicyclic) bond motifs is 1. The normalized spacial score (nSPS) is 15.5. The van der Waals surface area contributed by atoms with Gasteiger partial charge in [-0.25, -0.2) is 9.97 Å². The molecule has 0 bridgehead atoms. The molecular formula is C22H23ClN6O2S. The van der Waals surface area contributed by atoms with Crippen molar-refractivity contribution in [2.24, 2.45) is 5.92 Å². The molecule has 166 valence electrons. The van der Waals surface area contributed by atoms with E-state index in [9.17, 15) is 9.59 Å². The van der Waals surface area contributed by atoms with Gasteiger partial charge in [-0.05, 0) is 50.5 Å². The van der Waals surface area contributed by atoms with Crippen molar-refractivity contribution >= 4 is 41.0 Å². The number of carbonyl (C=O) groups is 2. The summed E-state index contributed by atoms with van der Waals surface area (Å²) in [5, 5.41) is 12.6. The fourth-order valence-electron chi connectivity index (χ4n) is 3.80. The third-order valence-electron chi connectivity index (χ3n) is 5.24. The van der Waals surface area contributed by atoms with Crippen LogP contribution in [0.4, 0.5) is 5.95 Å². The molecule has 2 aromatic heterocycles. The number of amides is 1. The summed E-state index contributed by atoms with van der Waals surface area (Å²) in [6, 6.07) is 7.39. The standard InChI is InChI=1S/C22H23ClN6O2S/c1-4-29-20(14-5-7-15(23)8-6-14)27-28-22(29)32-11-18(31)26-21-24-13(3)19-16(25-21)9-12(2)10-17(19)30/h5-8,12H,4,9-11H2,1-3H3,(H,24,25,26,31). The Hall–Kier alpha value is -2.78. The van der Waals surface area contributed by atoms with Gasteiger partial charge in [-0.3, -0.25) is 14.9 Å². The number of thioether (sulfide) groups is 1. The molecule has 1 aromatic carbocycles. The number of carbonyl (C=O) groups excluding carboxylic acids is 2. The Kier molecular flexibility index (Phi) is 6.57. The van der Waals surface area contributed by atoms with Crippen molar-refractivity contribution in [3.63, 3.8) is 0 Å². The molecule has 1 N–H and O–H groups in total. The molecule has 8 nitrogen and oxygen atoms in total. The van der Waals surface area contributed by atoms with E-state index in [-0.39, 0.29) is 29.3 Å². The first kappa shape index (κ1) is 22.4. The quantitative estimate of drug-likeness (QED) is 0.538. The monoisotopic (exact) mass is 470 g/mol. The van der Waals surface area contributed by atoms with Gasteiger partial charge < -0.3 is 4.57 Å². The second kappa shape index (κ2) is 9.38. The number of hydrogen-bond donors (Lipinski definition) is 1. The van der Waals surface area contributed by atoms with E-state index in [2.05, 4.69) is 25.5 Å². The second-order valence-corrected chi connectivity index (χ2v) is 9.16. The summed E-state index contributed by atoms with van der Waals surface area (Å²) in [4.78, 5) is 33.6. The number of hydrogen-bond acceptors (Lipinski definition) is 7. The third-order valence-corrected chi connectivity index (χ3v) is 6.46. The second-order valence-electron chi connectivity index (χ2n) is 7.79. The molecule has 1 aliphatic rings. The van der Waals surface area contributed by atoms with E-state index in [0.717, 1.165) is 11.4 Å². The first-order chi connectivity index (χ1) is 15.4. The lowest BCUT2D eigenvalue weighted by molar-refractivity contribution is -0.113. The number of nitrogens with zero attached hydrogens (tertiary/aromatic N) is 5. The highest BCUT2D eigenvalue weighted by Gasteiger charge is 2.27. The first-order valence-corrected chi connectivity index (χ1v) is 11.7. The Balaban J connectivity index is 1.45. The van der Waals surface area contributed by atoms with Crippen LogP contribution in [-0.2, 0) is 17.8 Å². The van der Waals surface area contributed by atoms with Crippen LogP contribution in [0.5, 0.6) is 0 Å². The van der Waals surface area contributed by atoms with E-state index in [1.54, 1.807) is 19.1 Å². The lowest BCUT2D eigenvalue weighted by Crippen LogP contribution is -2.24. The minimum Gasteiger partial charge on any atom is -0.302 e. The number of rotatable bonds is 6. The van der Waals surface area contributed by atoms with Crippen LogP contribution in [0.3, 0.4) is 0 Å². The summed E-state index contributed by atoms with van der Waals surface area (Å²) in [5.74, 6) is 1.14. The number of aromatic nitrogens is 5. The molecule has 0 spiro atoms. The molecule has 32 heavy (non-hydrogen) atoms. The number of halogens is 1. The summed E-state index contributed by atoms with van der Waals surface area (Å²) in [6.45, 7) is 6.46. The van der Waals surface area contributed by atoms with E-state index in [1.165, 1.54) is 11.8 Å². The lowest BCUT2D eigenvalue weighted by atomic mass is 9.86. The number of Topliss-reactive ketones (excluding diaryl/α,β-unsaturated/α-hetero) is 1. The van der Waals surface area contributed by atoms with E-state index in [0.29, 0.717) is 46.5 Å². The molecule has 2 heterocycles. The van der Waals surface area contributed by atoms with Crippen molar-refractivity contribution in [3.05, 3.63) is 46.2 Å². The maximum Gasteiger partial charge on any atom is 0.237 e. The molecule has 1 atom stereocenters. The van der Waals surface area contributed by atoms with Crippen molar-refractivity contribution in [3.8, 4) is 11.4 Å². The molecule has 0 saturated heterocycles. The Morgan fingerprint density at radius 3 is 2.69 bits per heavy atom. The van der Waals surface area contributed by atoms with Crippen molar-refractivity contribution in [2.45, 2.75) is 45.3 Å². The molecule has 0 fully saturated rings. The smallest absolute Gasteiger partial charge is 0.237 e. The van der Waals surface area contributed by atoms with Crippen LogP contribution in [-0.4, -0.2) is 42.2 Å². The SMILES string of the molecule is CCn1c(SCC(=O)Nc2nc(C)c3c(n2)CC(C)CC3=O)nnc1-c1ccc(Cl)cc1. The maximum absolute atomic E-state index is 12.6. The van der Waals surface area contributed by atoms with Crippen LogP contribution in [0.25, 0.3) is 11.4 Å². The van der Waals surface area contributed by atoms with Gasteiger partial charge in [0, 0.05) is 23.6 Å². The van der Waals surface area contributed by atoms with Crippen LogP contribution in [0, 0.1) is 12.8 Å². The number of benzene rings is 1. The summed E-state index contributed by atoms with van der Waals surface area (Å²) >= 11 is 7.27. The maximum atomic E-state index is 12.6. The molecule has 1 aliphatic carbocycles. The Morgan fingerprint density at radius 1 is 1.22 bits per heavy atom. The molecule has 10 heteroatoms. The average Bonchev–Trinajstić information content (AvgIpc) is 3.15. The Labute approximate surface area is 195 Å². The van der Waals surface area contributed by atoms with Crippen molar-refractivity contribution < 1.29 is 9.59 Å². The van der Waals surface area contributed by atoms with Gasteiger partial charge in [0.05, 0.1) is 22.7 Å². The summed E-state index contributed by atoms with van der Waals surface area (Å²) in [7, 11) is 0. The third kappa shape index (κ3) is 4.68. The number of nitrogens with one attached hydrogen (secondary N) is 1. The van der Waals surface area contributed by atoms with Gasteiger partial charge in [0.25, 0.3) is 0 Å². The molecule has 0 radical (unpaired) electrons. The van der Waals surface area contributed by atoms with Crippen LogP contribution >= 0.6 is 23.4 Å². The van der Waals surface area contributed by atoms with Crippen LogP contribution in [0.2, 0.25) is 5.02 Å². The van der Waals surface area contributed by atoms with Crippen LogP contribution in [0.1, 0.15) is 42.0 Å². The average molecular weight is 471 g/mol. The van der Waals surface area contributed by atoms with E-state index in [1.807, 2.05) is 30.5 Å². The number of ketones is 1. The first-order valence-electron chi connectivity index (χ1n) is 10.4. The lowest BCUT2D eigenvalue weighted by Gasteiger charge is -2.21. The zero-order valence-electron chi connectivity index (χ0n) is 18.1. The summed E-state index contributed by atoms with van der Waals surface area (Å²) in [6.07, 6.45) is 1.21. The summed E-state index contributed by atoms with van der Waals surface area (Å²) in [5.41, 5.74) is 2.82. The van der Waals surface area contributed by atoms with Crippen LogP contribution in [0.15, 0.2) is 29.4 Å². The van der Waals surface area contributed by atoms with Crippen molar-refractivity contribution in [2.75, 3.05) is 11.1 Å². The largest absolute Gasteiger partial charge is 0.302 e. The van der Waals surface area contributed by atoms with Gasteiger partial charge in [-0.15, -0.1) is 10.2 Å². The topological polar surface area (TPSA) is 103 Å². The van der Waals surface area contributed by atoms with Crippen molar-refractivity contribution in [1.82, 2.24) is 24.7 Å². The molecule has 3 aromatic rings. The van der Waals surface area contributed by atoms with Gasteiger partial charge in [-0.2, -0.15) is 0 Å². The van der Waals surface area contributed by atoms with Gasteiger partial charge in [0.15, 0.2) is 16.8 Å². The predicted molar refractivity (Wildman–Crippen MR) is 124 cm³/mol. The molecule has 4 rings (SSSR count). The van der Waals surface area contributed by atoms with E-state index in [4.69, 9.17) is 11.6 Å². The number of anilines is 1. The minimum atomic E-state index is -0.247. The molecule has 0 saturated carbocycles. The van der Waals surface area contributed by atoms with E-state index >= 15 is 0 Å². The molecule has 1 amide bonds. The van der Waals surface area contributed by atoms with Gasteiger partial charge in [0.1, 0.15) is 0 Å². The highest BCUT2D eigenvalue weighted by atomic mass is 35.5. The zero-order valence-corrected chi connectivity index (χ0v) is 19.6. The highest BCUT2D eigenvalue weighted by molar-refractivity contribution is 7.99. The number of aryl methyl sites for hydroxylation is 1. The van der Waals surface area contributed by atoms with Gasteiger partial charge in [0.2, 0.25) is 11.9 Å². The predicted octanol–water partition coefficient (Wildman–Crippen LogP) is 4.21. The molecule has 1 unspecified atom stereocenters. The van der Waals surface area contributed by atoms with Crippen LogP contribution < -0.4 is 5.32 Å². The van der Waals surface area contributed by atoms with Gasteiger partial charge >= 0.3 is 0 Å².